The van der Waals surface area contributed by atoms with Crippen molar-refractivity contribution in [3.8, 4) is 0 Å². The van der Waals surface area contributed by atoms with Crippen LogP contribution in [0.5, 0.6) is 0 Å². The highest BCUT2D eigenvalue weighted by Crippen LogP contribution is 2.19. The topological polar surface area (TPSA) is 93.5 Å². The molecule has 0 bridgehead atoms. The Balaban J connectivity index is 1.62. The fourth-order valence-corrected chi connectivity index (χ4v) is 2.64. The van der Waals surface area contributed by atoms with Crippen LogP contribution in [-0.4, -0.2) is 29.7 Å². The van der Waals surface area contributed by atoms with Gasteiger partial charge in [0.2, 0.25) is 0 Å². The highest BCUT2D eigenvalue weighted by Gasteiger charge is 2.23. The number of carbonyl (C=O) groups excluding carboxylic acids is 2. The van der Waals surface area contributed by atoms with Crippen molar-refractivity contribution in [1.29, 1.82) is 0 Å². The Kier molecular flexibility index (Phi) is 4.61. The van der Waals surface area contributed by atoms with Gasteiger partial charge in [-0.25, -0.2) is 0 Å². The van der Waals surface area contributed by atoms with Crippen LogP contribution >= 0.6 is 0 Å². The Morgan fingerprint density at radius 1 is 1.12 bits per heavy atom. The number of ether oxygens (including phenoxy) is 1. The zero-order valence-corrected chi connectivity index (χ0v) is 13.6. The molecule has 2 aromatic rings. The average Bonchev–Trinajstić information content (AvgIpc) is 3.19. The van der Waals surface area contributed by atoms with E-state index in [0.717, 1.165) is 12.8 Å². The lowest BCUT2D eigenvalue weighted by Gasteiger charge is -2.11. The standard InChI is InChI=1S/C17H19N3O4/c1-10-15(11(2)24-20-10)17(22)19-13-7-5-12(6-8-13)18-16(21)14-4-3-9-23-14/h5-8,14H,3-4,9H2,1-2H3,(H,18,21)(H,19,22)/t14-/m1/s1. The molecule has 1 atom stereocenters. The van der Waals surface area contributed by atoms with Crippen molar-refractivity contribution in [2.75, 3.05) is 17.2 Å². The summed E-state index contributed by atoms with van der Waals surface area (Å²) in [7, 11) is 0. The highest BCUT2D eigenvalue weighted by atomic mass is 16.5. The number of rotatable bonds is 4. The lowest BCUT2D eigenvalue weighted by molar-refractivity contribution is -0.124. The van der Waals surface area contributed by atoms with E-state index in [1.807, 2.05) is 0 Å². The molecule has 1 fully saturated rings. The molecule has 2 amide bonds. The van der Waals surface area contributed by atoms with Gasteiger partial charge in [-0.3, -0.25) is 9.59 Å². The van der Waals surface area contributed by atoms with Gasteiger partial charge in [0.05, 0.1) is 5.69 Å². The third-order valence-electron chi connectivity index (χ3n) is 3.89. The molecular formula is C17H19N3O4. The van der Waals surface area contributed by atoms with E-state index in [4.69, 9.17) is 9.26 Å². The zero-order chi connectivity index (χ0) is 17.1. The molecule has 3 rings (SSSR count). The van der Waals surface area contributed by atoms with Crippen molar-refractivity contribution in [1.82, 2.24) is 5.16 Å². The third-order valence-corrected chi connectivity index (χ3v) is 3.89. The van der Waals surface area contributed by atoms with E-state index < -0.39 is 0 Å². The average molecular weight is 329 g/mol. The second-order valence-electron chi connectivity index (χ2n) is 5.72. The smallest absolute Gasteiger partial charge is 0.261 e. The monoisotopic (exact) mass is 329 g/mol. The van der Waals surface area contributed by atoms with E-state index >= 15 is 0 Å². The first-order valence-electron chi connectivity index (χ1n) is 7.81. The number of aromatic nitrogens is 1. The SMILES string of the molecule is Cc1noc(C)c1C(=O)Nc1ccc(NC(=O)[C@H]2CCCO2)cc1. The van der Waals surface area contributed by atoms with E-state index in [1.165, 1.54) is 0 Å². The molecule has 2 N–H and O–H groups in total. The van der Waals surface area contributed by atoms with Crippen molar-refractivity contribution < 1.29 is 18.8 Å². The van der Waals surface area contributed by atoms with Gasteiger partial charge < -0.3 is 19.9 Å². The van der Waals surface area contributed by atoms with Crippen LogP contribution in [0.25, 0.3) is 0 Å². The molecule has 7 heteroatoms. The quantitative estimate of drug-likeness (QED) is 0.899. The normalized spacial score (nSPS) is 16.8. The van der Waals surface area contributed by atoms with Crippen LogP contribution in [0.2, 0.25) is 0 Å². The minimum absolute atomic E-state index is 0.139. The van der Waals surface area contributed by atoms with Gasteiger partial charge >= 0.3 is 0 Å². The van der Waals surface area contributed by atoms with Gasteiger partial charge in [0, 0.05) is 18.0 Å². The van der Waals surface area contributed by atoms with Crippen LogP contribution in [0.4, 0.5) is 11.4 Å². The number of nitrogens with zero attached hydrogens (tertiary/aromatic N) is 1. The maximum absolute atomic E-state index is 12.3. The van der Waals surface area contributed by atoms with Crippen LogP contribution in [0.3, 0.4) is 0 Å². The van der Waals surface area contributed by atoms with Crippen LogP contribution < -0.4 is 10.6 Å². The molecule has 0 radical (unpaired) electrons. The summed E-state index contributed by atoms with van der Waals surface area (Å²) in [4.78, 5) is 24.2. The second-order valence-corrected chi connectivity index (χ2v) is 5.72. The minimum atomic E-state index is -0.371. The number of aryl methyl sites for hydroxylation is 2. The largest absolute Gasteiger partial charge is 0.368 e. The fraction of sp³-hybridized carbons (Fsp3) is 0.353. The first-order chi connectivity index (χ1) is 11.5. The van der Waals surface area contributed by atoms with E-state index in [-0.39, 0.29) is 17.9 Å². The molecule has 126 valence electrons. The number of nitrogens with one attached hydrogen (secondary N) is 2. The highest BCUT2D eigenvalue weighted by molar-refractivity contribution is 6.05. The maximum Gasteiger partial charge on any atom is 0.261 e. The predicted octanol–water partition coefficient (Wildman–Crippen LogP) is 2.66. The molecular weight excluding hydrogens is 310 g/mol. The van der Waals surface area contributed by atoms with E-state index in [1.54, 1.807) is 38.1 Å². The number of carbonyl (C=O) groups is 2. The summed E-state index contributed by atoms with van der Waals surface area (Å²) in [6, 6.07) is 6.91. The molecule has 2 heterocycles. The number of benzene rings is 1. The van der Waals surface area contributed by atoms with Gasteiger partial charge in [0.1, 0.15) is 17.4 Å². The molecule has 1 aliphatic rings. The van der Waals surface area contributed by atoms with Crippen molar-refractivity contribution in [2.45, 2.75) is 32.8 Å². The summed E-state index contributed by atoms with van der Waals surface area (Å²) < 4.78 is 10.3. The number of anilines is 2. The minimum Gasteiger partial charge on any atom is -0.368 e. The lowest BCUT2D eigenvalue weighted by Crippen LogP contribution is -2.26. The Morgan fingerprint density at radius 3 is 2.33 bits per heavy atom. The summed E-state index contributed by atoms with van der Waals surface area (Å²) in [5.74, 6) is 0.0628. The van der Waals surface area contributed by atoms with Crippen molar-refractivity contribution in [3.05, 3.63) is 41.3 Å². The molecule has 1 aliphatic heterocycles. The van der Waals surface area contributed by atoms with Gasteiger partial charge in [-0.05, 0) is 51.0 Å². The number of hydrogen-bond acceptors (Lipinski definition) is 5. The molecule has 0 unspecified atom stereocenters. The van der Waals surface area contributed by atoms with Gasteiger partial charge in [0.15, 0.2) is 0 Å². The molecule has 1 aromatic carbocycles. The van der Waals surface area contributed by atoms with Gasteiger partial charge in [-0.15, -0.1) is 0 Å². The van der Waals surface area contributed by atoms with Gasteiger partial charge in [0.25, 0.3) is 11.8 Å². The molecule has 1 aromatic heterocycles. The number of amides is 2. The summed E-state index contributed by atoms with van der Waals surface area (Å²) in [5.41, 5.74) is 2.26. The maximum atomic E-state index is 12.3. The van der Waals surface area contributed by atoms with E-state index in [2.05, 4.69) is 15.8 Å². The van der Waals surface area contributed by atoms with Crippen molar-refractivity contribution in [2.24, 2.45) is 0 Å². The predicted molar refractivity (Wildman–Crippen MR) is 88.0 cm³/mol. The first kappa shape index (κ1) is 16.2. The first-order valence-corrected chi connectivity index (χ1v) is 7.81. The van der Waals surface area contributed by atoms with E-state index in [9.17, 15) is 9.59 Å². The van der Waals surface area contributed by atoms with Crippen LogP contribution in [-0.2, 0) is 9.53 Å². The van der Waals surface area contributed by atoms with Crippen molar-refractivity contribution in [3.63, 3.8) is 0 Å². The second kappa shape index (κ2) is 6.84. The van der Waals surface area contributed by atoms with Crippen LogP contribution in [0.1, 0.15) is 34.7 Å². The molecule has 0 spiro atoms. The third kappa shape index (κ3) is 3.46. The Hall–Kier alpha value is -2.67. The zero-order valence-electron chi connectivity index (χ0n) is 13.6. The van der Waals surface area contributed by atoms with Crippen molar-refractivity contribution >= 4 is 23.2 Å². The lowest BCUT2D eigenvalue weighted by atomic mass is 10.2. The molecule has 1 saturated heterocycles. The Morgan fingerprint density at radius 2 is 1.79 bits per heavy atom. The fourth-order valence-electron chi connectivity index (χ4n) is 2.64. The molecule has 24 heavy (non-hydrogen) atoms. The molecule has 0 saturated carbocycles. The summed E-state index contributed by atoms with van der Waals surface area (Å²) in [6.07, 6.45) is 1.28. The van der Waals surface area contributed by atoms with Gasteiger partial charge in [-0.2, -0.15) is 0 Å². The summed E-state index contributed by atoms with van der Waals surface area (Å²) in [6.45, 7) is 4.04. The summed E-state index contributed by atoms with van der Waals surface area (Å²) >= 11 is 0. The van der Waals surface area contributed by atoms with Gasteiger partial charge in [-0.1, -0.05) is 5.16 Å². The number of hydrogen-bond donors (Lipinski definition) is 2. The Bertz CT molecular complexity index is 726. The summed E-state index contributed by atoms with van der Waals surface area (Å²) in [5, 5.41) is 9.36. The Labute approximate surface area is 139 Å². The molecule has 0 aliphatic carbocycles. The van der Waals surface area contributed by atoms with E-state index in [0.29, 0.717) is 35.0 Å². The molecule has 7 nitrogen and oxygen atoms in total. The van der Waals surface area contributed by atoms with Crippen LogP contribution in [0.15, 0.2) is 28.8 Å². The van der Waals surface area contributed by atoms with Crippen LogP contribution in [0, 0.1) is 13.8 Å².